The minimum Gasteiger partial charge on any atom is -0.493 e. The lowest BCUT2D eigenvalue weighted by atomic mass is 10.0. The first-order valence-electron chi connectivity index (χ1n) is 11.8. The van der Waals surface area contributed by atoms with E-state index in [-0.39, 0.29) is 11.9 Å². The van der Waals surface area contributed by atoms with Crippen LogP contribution in [0.2, 0.25) is 0 Å². The molecule has 1 aliphatic rings. The van der Waals surface area contributed by atoms with Crippen LogP contribution >= 0.6 is 0 Å². The third kappa shape index (κ3) is 6.77. The van der Waals surface area contributed by atoms with Gasteiger partial charge >= 0.3 is 0 Å². The van der Waals surface area contributed by atoms with Crippen molar-refractivity contribution >= 4 is 11.6 Å². The van der Waals surface area contributed by atoms with Gasteiger partial charge in [0.25, 0.3) is 0 Å². The molecule has 1 fully saturated rings. The van der Waals surface area contributed by atoms with E-state index in [1.165, 1.54) is 0 Å². The van der Waals surface area contributed by atoms with Crippen LogP contribution in [0.25, 0.3) is 0 Å². The van der Waals surface area contributed by atoms with Gasteiger partial charge in [-0.25, -0.2) is 5.01 Å². The van der Waals surface area contributed by atoms with Gasteiger partial charge < -0.3 is 24.3 Å². The maximum atomic E-state index is 13.2. The molecule has 1 aliphatic heterocycles. The predicted molar refractivity (Wildman–Crippen MR) is 133 cm³/mol. The highest BCUT2D eigenvalue weighted by Gasteiger charge is 2.29. The van der Waals surface area contributed by atoms with Gasteiger partial charge in [-0.1, -0.05) is 19.9 Å². The molecule has 1 heterocycles. The Kier molecular flexibility index (Phi) is 9.42. The summed E-state index contributed by atoms with van der Waals surface area (Å²) in [7, 11) is 4.85. The summed E-state index contributed by atoms with van der Waals surface area (Å²) in [6.45, 7) is 6.14. The first kappa shape index (κ1) is 25.6. The quantitative estimate of drug-likeness (QED) is 0.507. The van der Waals surface area contributed by atoms with E-state index in [9.17, 15) is 4.79 Å². The second kappa shape index (κ2) is 12.5. The van der Waals surface area contributed by atoms with Crippen molar-refractivity contribution < 1.29 is 23.7 Å². The Labute approximate surface area is 202 Å². The summed E-state index contributed by atoms with van der Waals surface area (Å²) in [5.41, 5.74) is 5.17. The molecule has 0 unspecified atom stereocenters. The molecule has 1 amide bonds. The Morgan fingerprint density at radius 3 is 2.38 bits per heavy atom. The monoisotopic (exact) mass is 471 g/mol. The van der Waals surface area contributed by atoms with E-state index in [2.05, 4.69) is 24.6 Å². The standard InChI is InChI=1S/C26H37N3O5/c1-18(2)17-34-25-15-20(10-12-23(25)32-4)28-26(30)21-8-6-7-13-29(21)27-16-19-9-11-22(31-3)24(14-19)33-5/h9-12,14-15,18,21,27H,6-8,13,16-17H2,1-5H3,(H,28,30)/t21-/m1/s1. The molecule has 0 aliphatic carbocycles. The Balaban J connectivity index is 1.65. The molecule has 2 aromatic rings. The number of amides is 1. The molecular weight excluding hydrogens is 434 g/mol. The second-order valence-electron chi connectivity index (χ2n) is 8.79. The van der Waals surface area contributed by atoms with E-state index in [1.807, 2.05) is 41.4 Å². The fourth-order valence-corrected chi connectivity index (χ4v) is 3.93. The summed E-state index contributed by atoms with van der Waals surface area (Å²) >= 11 is 0. The van der Waals surface area contributed by atoms with Crippen LogP contribution in [0.4, 0.5) is 5.69 Å². The van der Waals surface area contributed by atoms with Gasteiger partial charge in [0.1, 0.15) is 6.04 Å². The molecule has 8 heteroatoms. The number of carbonyl (C=O) groups is 1. The fourth-order valence-electron chi connectivity index (χ4n) is 3.93. The first-order valence-corrected chi connectivity index (χ1v) is 11.8. The van der Waals surface area contributed by atoms with E-state index in [1.54, 1.807) is 21.3 Å². The lowest BCUT2D eigenvalue weighted by molar-refractivity contribution is -0.124. The van der Waals surface area contributed by atoms with E-state index in [4.69, 9.17) is 18.9 Å². The molecule has 0 bridgehead atoms. The third-order valence-corrected chi connectivity index (χ3v) is 5.74. The highest BCUT2D eigenvalue weighted by atomic mass is 16.5. The van der Waals surface area contributed by atoms with Crippen molar-refractivity contribution in [3.05, 3.63) is 42.0 Å². The van der Waals surface area contributed by atoms with E-state index < -0.39 is 0 Å². The molecule has 1 atom stereocenters. The molecule has 1 saturated heterocycles. The normalized spacial score (nSPS) is 16.2. The van der Waals surface area contributed by atoms with E-state index in [0.29, 0.717) is 47.8 Å². The van der Waals surface area contributed by atoms with Crippen molar-refractivity contribution in [3.8, 4) is 23.0 Å². The van der Waals surface area contributed by atoms with Crippen molar-refractivity contribution in [2.24, 2.45) is 5.92 Å². The number of anilines is 1. The van der Waals surface area contributed by atoms with Gasteiger partial charge in [-0.15, -0.1) is 0 Å². The van der Waals surface area contributed by atoms with Crippen LogP contribution in [0.3, 0.4) is 0 Å². The molecule has 34 heavy (non-hydrogen) atoms. The van der Waals surface area contributed by atoms with Crippen molar-refractivity contribution in [2.75, 3.05) is 39.8 Å². The zero-order valence-electron chi connectivity index (χ0n) is 20.8. The SMILES string of the molecule is COc1ccc(CNN2CCCC[C@@H]2C(=O)Nc2ccc(OC)c(OCC(C)C)c2)cc1OC. The summed E-state index contributed by atoms with van der Waals surface area (Å²) in [4.78, 5) is 13.2. The number of hydrogen-bond donors (Lipinski definition) is 2. The van der Waals surface area contributed by atoms with Crippen molar-refractivity contribution in [3.63, 3.8) is 0 Å². The Morgan fingerprint density at radius 2 is 1.68 bits per heavy atom. The Bertz CT molecular complexity index is 950. The van der Waals surface area contributed by atoms with Gasteiger partial charge in [0.05, 0.1) is 27.9 Å². The number of rotatable bonds is 11. The number of hydrogen-bond acceptors (Lipinski definition) is 7. The largest absolute Gasteiger partial charge is 0.493 e. The zero-order valence-corrected chi connectivity index (χ0v) is 20.8. The van der Waals surface area contributed by atoms with Crippen LogP contribution in [0, 0.1) is 5.92 Å². The van der Waals surface area contributed by atoms with Crippen molar-refractivity contribution in [1.82, 2.24) is 10.4 Å². The molecule has 2 aromatic carbocycles. The highest BCUT2D eigenvalue weighted by Crippen LogP contribution is 2.31. The van der Waals surface area contributed by atoms with Crippen molar-refractivity contribution in [1.29, 1.82) is 0 Å². The second-order valence-corrected chi connectivity index (χ2v) is 8.79. The Hall–Kier alpha value is -2.97. The molecular formula is C26H37N3O5. The van der Waals surface area contributed by atoms with Gasteiger partial charge in [0.15, 0.2) is 23.0 Å². The molecule has 186 valence electrons. The Morgan fingerprint density at radius 1 is 0.971 bits per heavy atom. The number of nitrogens with one attached hydrogen (secondary N) is 2. The lowest BCUT2D eigenvalue weighted by Crippen LogP contribution is -2.53. The predicted octanol–water partition coefficient (Wildman–Crippen LogP) is 4.25. The third-order valence-electron chi connectivity index (χ3n) is 5.74. The number of benzene rings is 2. The summed E-state index contributed by atoms with van der Waals surface area (Å²) in [6, 6.07) is 11.0. The van der Waals surface area contributed by atoms with Crippen LogP contribution in [-0.4, -0.2) is 51.4 Å². The molecule has 0 saturated carbocycles. The molecule has 0 aromatic heterocycles. The number of methoxy groups -OCH3 is 3. The number of piperidine rings is 1. The van der Waals surface area contributed by atoms with Gasteiger partial charge in [-0.05, 0) is 55.0 Å². The van der Waals surface area contributed by atoms with E-state index in [0.717, 1.165) is 31.4 Å². The molecule has 0 radical (unpaired) electrons. The highest BCUT2D eigenvalue weighted by molar-refractivity contribution is 5.95. The van der Waals surface area contributed by atoms with Crippen LogP contribution in [0.15, 0.2) is 36.4 Å². The minimum absolute atomic E-state index is 0.0421. The average Bonchev–Trinajstić information content (AvgIpc) is 2.86. The summed E-state index contributed by atoms with van der Waals surface area (Å²) in [6.07, 6.45) is 2.84. The van der Waals surface area contributed by atoms with Crippen LogP contribution in [0.5, 0.6) is 23.0 Å². The molecule has 8 nitrogen and oxygen atoms in total. The zero-order chi connectivity index (χ0) is 24.5. The topological polar surface area (TPSA) is 81.3 Å². The van der Waals surface area contributed by atoms with Crippen LogP contribution in [-0.2, 0) is 11.3 Å². The summed E-state index contributed by atoms with van der Waals surface area (Å²) in [5.74, 6) is 2.99. The number of nitrogens with zero attached hydrogens (tertiary/aromatic N) is 1. The van der Waals surface area contributed by atoms with Gasteiger partial charge in [-0.3, -0.25) is 10.2 Å². The van der Waals surface area contributed by atoms with Gasteiger partial charge in [0.2, 0.25) is 5.91 Å². The lowest BCUT2D eigenvalue weighted by Gasteiger charge is -2.35. The van der Waals surface area contributed by atoms with Crippen LogP contribution < -0.4 is 29.7 Å². The number of ether oxygens (including phenoxy) is 4. The summed E-state index contributed by atoms with van der Waals surface area (Å²) in [5, 5.41) is 5.10. The van der Waals surface area contributed by atoms with E-state index >= 15 is 0 Å². The summed E-state index contributed by atoms with van der Waals surface area (Å²) < 4.78 is 22.0. The maximum absolute atomic E-state index is 13.2. The van der Waals surface area contributed by atoms with Gasteiger partial charge in [0, 0.05) is 24.8 Å². The average molecular weight is 472 g/mol. The maximum Gasteiger partial charge on any atom is 0.243 e. The first-order chi connectivity index (χ1) is 16.4. The number of hydrazine groups is 1. The van der Waals surface area contributed by atoms with Gasteiger partial charge in [-0.2, -0.15) is 0 Å². The van der Waals surface area contributed by atoms with Crippen molar-refractivity contribution in [2.45, 2.75) is 45.7 Å². The number of carbonyl (C=O) groups excluding carboxylic acids is 1. The van der Waals surface area contributed by atoms with Crippen LogP contribution in [0.1, 0.15) is 38.7 Å². The molecule has 0 spiro atoms. The molecule has 3 rings (SSSR count). The fraction of sp³-hybridized carbons (Fsp3) is 0.500. The smallest absolute Gasteiger partial charge is 0.243 e. The molecule has 2 N–H and O–H groups in total. The minimum atomic E-state index is -0.268.